The molecule has 1 amide bonds. The summed E-state index contributed by atoms with van der Waals surface area (Å²) in [5, 5.41) is 9.52. The predicted octanol–water partition coefficient (Wildman–Crippen LogP) is 4.20. The highest BCUT2D eigenvalue weighted by Gasteiger charge is 2.68. The van der Waals surface area contributed by atoms with Crippen molar-refractivity contribution in [1.29, 1.82) is 5.26 Å². The minimum Gasteiger partial charge on any atom is -0.369 e. The van der Waals surface area contributed by atoms with Crippen LogP contribution >= 0.6 is 0 Å². The van der Waals surface area contributed by atoms with E-state index in [0.717, 1.165) is 24.0 Å². The van der Waals surface area contributed by atoms with Gasteiger partial charge in [0.2, 0.25) is 5.92 Å². The monoisotopic (exact) mass is 440 g/mol. The van der Waals surface area contributed by atoms with Crippen molar-refractivity contribution in [2.24, 2.45) is 39.8 Å². The van der Waals surface area contributed by atoms with Crippen LogP contribution in [0.1, 0.15) is 63.1 Å². The van der Waals surface area contributed by atoms with Crippen LogP contribution in [0.2, 0.25) is 0 Å². The molecule has 1 aromatic carbocycles. The SMILES string of the molecule is CC1[C@H](C)CC2(Cc3ccc(C#N)cc3[C@]23N=C(N)N(CC2CC(F)(F)C2)C3=O)C[C@@H]1C. The average Bonchev–Trinajstić information content (AvgIpc) is 3.11. The van der Waals surface area contributed by atoms with Gasteiger partial charge in [-0.25, -0.2) is 13.8 Å². The fourth-order valence-electron chi connectivity index (χ4n) is 7.05. The Hall–Kier alpha value is -2.49. The van der Waals surface area contributed by atoms with Crippen LogP contribution in [0.5, 0.6) is 0 Å². The van der Waals surface area contributed by atoms with Crippen molar-refractivity contribution in [3.05, 3.63) is 34.9 Å². The Balaban J connectivity index is 1.60. The maximum atomic E-state index is 14.2. The first-order valence-corrected chi connectivity index (χ1v) is 11.6. The normalized spacial score (nSPS) is 38.0. The molecule has 5 atom stereocenters. The third-order valence-corrected chi connectivity index (χ3v) is 8.87. The van der Waals surface area contributed by atoms with E-state index in [0.29, 0.717) is 29.7 Å². The molecule has 0 radical (unpaired) electrons. The van der Waals surface area contributed by atoms with E-state index in [2.05, 4.69) is 26.8 Å². The van der Waals surface area contributed by atoms with Gasteiger partial charge in [0.05, 0.1) is 11.6 Å². The van der Waals surface area contributed by atoms with Crippen molar-refractivity contribution in [2.75, 3.05) is 6.54 Å². The van der Waals surface area contributed by atoms with Gasteiger partial charge in [-0.15, -0.1) is 0 Å². The van der Waals surface area contributed by atoms with E-state index in [4.69, 9.17) is 10.7 Å². The topological polar surface area (TPSA) is 82.5 Å². The highest BCUT2D eigenvalue weighted by Crippen LogP contribution is 2.64. The van der Waals surface area contributed by atoms with Crippen molar-refractivity contribution >= 4 is 11.9 Å². The summed E-state index contributed by atoms with van der Waals surface area (Å²) in [5.74, 6) is -1.66. The number of hydrogen-bond acceptors (Lipinski definition) is 4. The van der Waals surface area contributed by atoms with Crippen molar-refractivity contribution in [2.45, 2.75) is 64.3 Å². The van der Waals surface area contributed by atoms with Gasteiger partial charge in [0.15, 0.2) is 11.5 Å². The molecule has 2 fully saturated rings. The lowest BCUT2D eigenvalue weighted by atomic mass is 9.55. The van der Waals surface area contributed by atoms with E-state index >= 15 is 0 Å². The maximum absolute atomic E-state index is 14.2. The fourth-order valence-corrected chi connectivity index (χ4v) is 7.05. The number of amides is 1. The Morgan fingerprint density at radius 2 is 1.84 bits per heavy atom. The molecule has 5 rings (SSSR count). The predicted molar refractivity (Wildman–Crippen MR) is 117 cm³/mol. The Morgan fingerprint density at radius 3 is 2.44 bits per heavy atom. The highest BCUT2D eigenvalue weighted by atomic mass is 19.3. The summed E-state index contributed by atoms with van der Waals surface area (Å²) in [6.45, 7) is 6.92. The number of guanidine groups is 1. The average molecular weight is 441 g/mol. The van der Waals surface area contributed by atoms with Gasteiger partial charge in [0, 0.05) is 24.8 Å². The Bertz CT molecular complexity index is 1040. The maximum Gasteiger partial charge on any atom is 0.262 e. The number of carbonyl (C=O) groups excluding carboxylic acids is 1. The van der Waals surface area contributed by atoms with E-state index < -0.39 is 16.9 Å². The van der Waals surface area contributed by atoms with Crippen molar-refractivity contribution in [1.82, 2.24) is 4.90 Å². The van der Waals surface area contributed by atoms with Crippen LogP contribution in [0, 0.1) is 40.4 Å². The first kappa shape index (κ1) is 21.4. The van der Waals surface area contributed by atoms with Gasteiger partial charge in [-0.1, -0.05) is 26.8 Å². The summed E-state index contributed by atoms with van der Waals surface area (Å²) >= 11 is 0. The van der Waals surface area contributed by atoms with Crippen LogP contribution in [0.3, 0.4) is 0 Å². The quantitative estimate of drug-likeness (QED) is 0.748. The number of hydrogen-bond donors (Lipinski definition) is 1. The van der Waals surface area contributed by atoms with E-state index in [1.54, 1.807) is 12.1 Å². The molecular weight excluding hydrogens is 410 g/mol. The van der Waals surface area contributed by atoms with Gasteiger partial charge >= 0.3 is 0 Å². The first-order valence-electron chi connectivity index (χ1n) is 11.6. The number of fused-ring (bicyclic) bond motifs is 3. The number of carbonyl (C=O) groups is 1. The molecule has 0 bridgehead atoms. The summed E-state index contributed by atoms with van der Waals surface area (Å²) in [5.41, 5.74) is 7.05. The van der Waals surface area contributed by atoms with Crippen LogP contribution in [-0.2, 0) is 16.8 Å². The largest absolute Gasteiger partial charge is 0.369 e. The molecule has 4 aliphatic rings. The zero-order valence-corrected chi connectivity index (χ0v) is 18.9. The van der Waals surface area contributed by atoms with Gasteiger partial charge in [0.1, 0.15) is 0 Å². The van der Waals surface area contributed by atoms with Gasteiger partial charge in [0.25, 0.3) is 5.91 Å². The smallest absolute Gasteiger partial charge is 0.262 e. The van der Waals surface area contributed by atoms with Crippen molar-refractivity contribution < 1.29 is 13.6 Å². The van der Waals surface area contributed by atoms with E-state index in [1.165, 1.54) is 4.90 Å². The Kier molecular flexibility index (Phi) is 4.51. The zero-order chi connectivity index (χ0) is 23.1. The Labute approximate surface area is 187 Å². The second kappa shape index (κ2) is 6.76. The van der Waals surface area contributed by atoms with Gasteiger partial charge in [-0.3, -0.25) is 9.69 Å². The molecule has 1 heterocycles. The van der Waals surface area contributed by atoms with Gasteiger partial charge in [-0.05, 0) is 66.2 Å². The van der Waals surface area contributed by atoms with Gasteiger partial charge < -0.3 is 5.73 Å². The molecule has 2 unspecified atom stereocenters. The third kappa shape index (κ3) is 2.77. The van der Waals surface area contributed by atoms with Crippen LogP contribution in [-0.4, -0.2) is 29.2 Å². The number of aliphatic imine (C=N–C) groups is 1. The molecule has 2 N–H and O–H groups in total. The highest BCUT2D eigenvalue weighted by molar-refractivity contribution is 6.08. The van der Waals surface area contributed by atoms with E-state index in [-0.39, 0.29) is 37.2 Å². The number of rotatable bonds is 2. The molecule has 3 aliphatic carbocycles. The molecule has 0 aromatic heterocycles. The lowest BCUT2D eigenvalue weighted by Crippen LogP contribution is -2.55. The summed E-state index contributed by atoms with van der Waals surface area (Å²) in [6.07, 6.45) is 1.96. The summed E-state index contributed by atoms with van der Waals surface area (Å²) in [6, 6.07) is 7.73. The molecule has 170 valence electrons. The molecule has 2 spiro atoms. The molecule has 0 saturated heterocycles. The molecular formula is C25H30F2N4O. The molecule has 32 heavy (non-hydrogen) atoms. The third-order valence-electron chi connectivity index (χ3n) is 8.87. The molecule has 1 aliphatic heterocycles. The first-order chi connectivity index (χ1) is 15.0. The number of alkyl halides is 2. The number of benzene rings is 1. The van der Waals surface area contributed by atoms with Crippen LogP contribution in [0.15, 0.2) is 23.2 Å². The molecule has 7 heteroatoms. The lowest BCUT2D eigenvalue weighted by molar-refractivity contribution is -0.144. The molecule has 1 aromatic rings. The lowest BCUT2D eigenvalue weighted by Gasteiger charge is -2.50. The van der Waals surface area contributed by atoms with Crippen LogP contribution < -0.4 is 5.73 Å². The summed E-state index contributed by atoms with van der Waals surface area (Å²) in [7, 11) is 0. The fraction of sp³-hybridized carbons (Fsp3) is 0.640. The standard InChI is InChI=1S/C25H30F2N4O/c1-14-7-23(8-15(2)16(14)3)11-19-5-4-17(12-28)6-20(19)25(23)21(32)31(22(29)30-25)13-18-9-24(26,27)10-18/h4-6,14-16,18H,7-11,13H2,1-3H3,(H2,29,30)/t14-,15+,16?,23?,25-/m1/s1. The number of halogens is 2. The molecule has 5 nitrogen and oxygen atoms in total. The van der Waals surface area contributed by atoms with E-state index in [9.17, 15) is 18.8 Å². The van der Waals surface area contributed by atoms with Crippen LogP contribution in [0.25, 0.3) is 0 Å². The Morgan fingerprint density at radius 1 is 1.19 bits per heavy atom. The number of nitrogens with zero attached hydrogens (tertiary/aromatic N) is 3. The van der Waals surface area contributed by atoms with Gasteiger partial charge in [-0.2, -0.15) is 5.26 Å². The van der Waals surface area contributed by atoms with Crippen LogP contribution in [0.4, 0.5) is 8.78 Å². The van der Waals surface area contributed by atoms with Crippen molar-refractivity contribution in [3.63, 3.8) is 0 Å². The summed E-state index contributed by atoms with van der Waals surface area (Å²) in [4.78, 5) is 20.5. The molecule has 2 saturated carbocycles. The minimum atomic E-state index is -2.65. The second-order valence-electron chi connectivity index (χ2n) is 10.9. The van der Waals surface area contributed by atoms with Crippen molar-refractivity contribution in [3.8, 4) is 6.07 Å². The summed E-state index contributed by atoms with van der Waals surface area (Å²) < 4.78 is 26.9. The minimum absolute atomic E-state index is 0.124. The number of nitrogens with two attached hydrogens (primary N) is 1. The second-order valence-corrected chi connectivity index (χ2v) is 10.9. The van der Waals surface area contributed by atoms with E-state index in [1.807, 2.05) is 6.07 Å². The zero-order valence-electron chi connectivity index (χ0n) is 18.9. The number of nitriles is 1.